The maximum absolute atomic E-state index is 12.2. The maximum Gasteiger partial charge on any atom is 0.262 e. The van der Waals surface area contributed by atoms with Gasteiger partial charge >= 0.3 is 0 Å². The van der Waals surface area contributed by atoms with Crippen LogP contribution >= 0.6 is 22.9 Å². The summed E-state index contributed by atoms with van der Waals surface area (Å²) < 4.78 is 8.18. The van der Waals surface area contributed by atoms with Gasteiger partial charge in [0.05, 0.1) is 16.8 Å². The van der Waals surface area contributed by atoms with Gasteiger partial charge in [-0.1, -0.05) is 35.9 Å². The van der Waals surface area contributed by atoms with Gasteiger partial charge in [0.2, 0.25) is 0 Å². The van der Waals surface area contributed by atoms with Crippen molar-refractivity contribution in [2.24, 2.45) is 5.73 Å². The fraction of sp³-hybridized carbons (Fsp3) is 0.280. The lowest BCUT2D eigenvalue weighted by atomic mass is 10.1. The van der Waals surface area contributed by atoms with Crippen LogP contribution in [0, 0.1) is 0 Å². The first-order valence-corrected chi connectivity index (χ1v) is 12.2. The Balaban J connectivity index is 1.61. The number of aromatic nitrogens is 2. The van der Waals surface area contributed by atoms with E-state index in [9.17, 15) is 4.79 Å². The molecular weight excluding hydrogens is 470 g/mol. The number of carbonyl (C=O) groups excluding carboxylic acids is 1. The van der Waals surface area contributed by atoms with E-state index in [0.29, 0.717) is 15.6 Å². The number of halogens is 1. The van der Waals surface area contributed by atoms with E-state index in [1.807, 2.05) is 47.7 Å². The van der Waals surface area contributed by atoms with E-state index < -0.39 is 5.91 Å². The molecule has 3 heterocycles. The van der Waals surface area contributed by atoms with Crippen molar-refractivity contribution >= 4 is 34.5 Å². The zero-order valence-corrected chi connectivity index (χ0v) is 21.0. The molecule has 0 saturated carbocycles. The monoisotopic (exact) mass is 497 g/mol. The number of nitrogens with two attached hydrogens (primary N) is 1. The Bertz CT molecular complexity index is 1300. The number of benzene rings is 1. The number of likely N-dealkylation sites (N-methyl/N-ethyl adjacent to an activating group) is 1. The maximum atomic E-state index is 12.2. The highest BCUT2D eigenvalue weighted by Crippen LogP contribution is 2.39. The standard InChI is InChI=1S/C25H28ClN5O2S/c1-16(18-6-4-5-7-19(18)26)33-21-12-22(34-24(21)25(27)32)20-14-29-23-9-8-17(15-31(20)23)13-28-10-11-30(2)3/h4-9,12,14-16,28H,10-11,13H2,1-3H3,(H2,27,32). The average molecular weight is 498 g/mol. The van der Waals surface area contributed by atoms with Gasteiger partial charge in [-0.3, -0.25) is 9.20 Å². The number of pyridine rings is 1. The van der Waals surface area contributed by atoms with E-state index in [-0.39, 0.29) is 6.10 Å². The summed E-state index contributed by atoms with van der Waals surface area (Å²) >= 11 is 7.62. The minimum absolute atomic E-state index is 0.351. The number of nitrogens with zero attached hydrogens (tertiary/aromatic N) is 3. The van der Waals surface area contributed by atoms with Gasteiger partial charge < -0.3 is 20.7 Å². The number of imidazole rings is 1. The molecule has 0 aliphatic rings. The average Bonchev–Trinajstić information content (AvgIpc) is 3.40. The van der Waals surface area contributed by atoms with E-state index in [1.165, 1.54) is 11.3 Å². The molecule has 4 aromatic rings. The highest BCUT2D eigenvalue weighted by molar-refractivity contribution is 7.17. The molecule has 0 spiro atoms. The number of hydrogen-bond acceptors (Lipinski definition) is 6. The van der Waals surface area contributed by atoms with Crippen LogP contribution in [0.1, 0.15) is 33.8 Å². The third kappa shape index (κ3) is 5.42. The minimum Gasteiger partial charge on any atom is -0.484 e. The topological polar surface area (TPSA) is 84.9 Å². The molecule has 0 aliphatic heterocycles. The molecule has 0 fully saturated rings. The van der Waals surface area contributed by atoms with E-state index >= 15 is 0 Å². The molecule has 1 aromatic carbocycles. The van der Waals surface area contributed by atoms with Crippen molar-refractivity contribution in [2.45, 2.75) is 19.6 Å². The van der Waals surface area contributed by atoms with Crippen LogP contribution in [0.3, 0.4) is 0 Å². The number of rotatable bonds is 10. The van der Waals surface area contributed by atoms with Crippen molar-refractivity contribution < 1.29 is 9.53 Å². The van der Waals surface area contributed by atoms with Crippen molar-refractivity contribution in [3.63, 3.8) is 0 Å². The van der Waals surface area contributed by atoms with Gasteiger partial charge in [0, 0.05) is 42.5 Å². The smallest absolute Gasteiger partial charge is 0.262 e. The van der Waals surface area contributed by atoms with Crippen molar-refractivity contribution in [3.05, 3.63) is 75.9 Å². The summed E-state index contributed by atoms with van der Waals surface area (Å²) in [7, 11) is 4.11. The Hall–Kier alpha value is -2.91. The number of carbonyl (C=O) groups is 1. The van der Waals surface area contributed by atoms with Crippen molar-refractivity contribution in [1.29, 1.82) is 0 Å². The van der Waals surface area contributed by atoms with Crippen LogP contribution in [0.25, 0.3) is 16.2 Å². The van der Waals surface area contributed by atoms with Crippen molar-refractivity contribution in [3.8, 4) is 16.3 Å². The SMILES string of the molecule is CC(Oc1cc(-c2cnc3ccc(CNCCN(C)C)cn23)sc1C(N)=O)c1ccccc1Cl. The zero-order valence-electron chi connectivity index (χ0n) is 19.4. The summed E-state index contributed by atoms with van der Waals surface area (Å²) in [5, 5.41) is 4.06. The molecule has 178 valence electrons. The van der Waals surface area contributed by atoms with Crippen LogP contribution in [-0.2, 0) is 6.54 Å². The lowest BCUT2D eigenvalue weighted by molar-refractivity contribution is 0.0998. The second kappa shape index (κ2) is 10.6. The molecule has 34 heavy (non-hydrogen) atoms. The highest BCUT2D eigenvalue weighted by Gasteiger charge is 2.21. The third-order valence-electron chi connectivity index (χ3n) is 5.45. The summed E-state index contributed by atoms with van der Waals surface area (Å²) in [5.41, 5.74) is 9.36. The summed E-state index contributed by atoms with van der Waals surface area (Å²) in [5.74, 6) is -0.0893. The summed E-state index contributed by atoms with van der Waals surface area (Å²) in [6.45, 7) is 4.52. The van der Waals surface area contributed by atoms with Gasteiger partial charge in [0.1, 0.15) is 22.4 Å². The normalized spacial score (nSPS) is 12.4. The molecule has 3 aromatic heterocycles. The van der Waals surface area contributed by atoms with Gasteiger partial charge in [-0.2, -0.15) is 0 Å². The molecule has 1 unspecified atom stereocenters. The molecule has 9 heteroatoms. The second-order valence-corrected chi connectivity index (χ2v) is 9.80. The molecular formula is C25H28ClN5O2S. The molecule has 4 rings (SSSR count). The van der Waals surface area contributed by atoms with Crippen LogP contribution in [-0.4, -0.2) is 47.4 Å². The predicted octanol–water partition coefficient (Wildman–Crippen LogP) is 4.61. The van der Waals surface area contributed by atoms with Crippen LogP contribution in [0.5, 0.6) is 5.75 Å². The van der Waals surface area contributed by atoms with E-state index in [4.69, 9.17) is 22.1 Å². The molecule has 3 N–H and O–H groups in total. The molecule has 0 aliphatic carbocycles. The quantitative estimate of drug-likeness (QED) is 0.313. The fourth-order valence-electron chi connectivity index (χ4n) is 3.67. The Kier molecular flexibility index (Phi) is 7.53. The molecule has 1 atom stereocenters. The summed E-state index contributed by atoms with van der Waals surface area (Å²) in [6.07, 6.45) is 3.52. The number of thiophene rings is 1. The van der Waals surface area contributed by atoms with Gasteiger partial charge in [0.15, 0.2) is 0 Å². The number of nitrogens with one attached hydrogen (secondary N) is 1. The highest BCUT2D eigenvalue weighted by atomic mass is 35.5. The number of primary amides is 1. The first kappa shape index (κ1) is 24.2. The molecule has 0 saturated heterocycles. The number of ether oxygens (including phenoxy) is 1. The Morgan fingerprint density at radius 2 is 2.09 bits per heavy atom. The largest absolute Gasteiger partial charge is 0.484 e. The molecule has 1 amide bonds. The number of hydrogen-bond donors (Lipinski definition) is 2. The minimum atomic E-state index is -0.530. The van der Waals surface area contributed by atoms with Crippen LogP contribution in [0.4, 0.5) is 0 Å². The van der Waals surface area contributed by atoms with Crippen LogP contribution < -0.4 is 15.8 Å². The Morgan fingerprint density at radius 1 is 1.29 bits per heavy atom. The molecule has 0 bridgehead atoms. The van der Waals surface area contributed by atoms with E-state index in [0.717, 1.165) is 47.0 Å². The van der Waals surface area contributed by atoms with E-state index in [1.54, 1.807) is 6.20 Å². The van der Waals surface area contributed by atoms with Crippen molar-refractivity contribution in [2.75, 3.05) is 27.2 Å². The lowest BCUT2D eigenvalue weighted by Crippen LogP contribution is -2.26. The molecule has 7 nitrogen and oxygen atoms in total. The predicted molar refractivity (Wildman–Crippen MR) is 138 cm³/mol. The molecule has 0 radical (unpaired) electrons. The first-order valence-electron chi connectivity index (χ1n) is 11.0. The van der Waals surface area contributed by atoms with Crippen LogP contribution in [0.15, 0.2) is 54.9 Å². The number of fused-ring (bicyclic) bond motifs is 1. The zero-order chi connectivity index (χ0) is 24.2. The fourth-order valence-corrected chi connectivity index (χ4v) is 4.90. The lowest BCUT2D eigenvalue weighted by Gasteiger charge is -2.16. The van der Waals surface area contributed by atoms with Gasteiger partial charge in [-0.05, 0) is 38.7 Å². The van der Waals surface area contributed by atoms with Gasteiger partial charge in [0.25, 0.3) is 5.91 Å². The van der Waals surface area contributed by atoms with Crippen LogP contribution in [0.2, 0.25) is 5.02 Å². The number of amides is 1. The van der Waals surface area contributed by atoms with E-state index in [2.05, 4.69) is 41.6 Å². The summed E-state index contributed by atoms with van der Waals surface area (Å²) in [4.78, 5) is 20.1. The first-order chi connectivity index (χ1) is 16.3. The summed E-state index contributed by atoms with van der Waals surface area (Å²) in [6, 6.07) is 13.4. The Labute approximate surface area is 208 Å². The van der Waals surface area contributed by atoms with Gasteiger partial charge in [-0.25, -0.2) is 4.98 Å². The van der Waals surface area contributed by atoms with Gasteiger partial charge in [-0.15, -0.1) is 11.3 Å². The Morgan fingerprint density at radius 3 is 2.82 bits per heavy atom. The van der Waals surface area contributed by atoms with Crippen molar-refractivity contribution in [1.82, 2.24) is 19.6 Å². The third-order valence-corrected chi connectivity index (χ3v) is 6.95. The second-order valence-electron chi connectivity index (χ2n) is 8.34.